The van der Waals surface area contributed by atoms with Gasteiger partial charge in [-0.3, -0.25) is 4.79 Å². The molecule has 1 N–H and O–H groups in total. The molecule has 3 saturated carbocycles. The molecule has 1 unspecified atom stereocenters. The molecule has 180 valence electrons. The van der Waals surface area contributed by atoms with Crippen LogP contribution in [0.25, 0.3) is 0 Å². The molecule has 1 aromatic heterocycles. The summed E-state index contributed by atoms with van der Waals surface area (Å²) < 4.78 is 5.85. The fraction of sp³-hybridized carbons (Fsp3) is 0.885. The van der Waals surface area contributed by atoms with E-state index >= 15 is 0 Å². The van der Waals surface area contributed by atoms with Crippen LogP contribution in [0.2, 0.25) is 0 Å². The number of Topliss-reactive ketones (excluding diaryl/α,β-unsaturated/α-hetero) is 1. The molecule has 1 heterocycles. The molecule has 1 aromatic rings. The van der Waals surface area contributed by atoms with Crippen LogP contribution in [0.1, 0.15) is 85.5 Å². The third kappa shape index (κ3) is 4.54. The van der Waals surface area contributed by atoms with E-state index in [0.29, 0.717) is 30.8 Å². The van der Waals surface area contributed by atoms with Crippen molar-refractivity contribution in [2.45, 2.75) is 104 Å². The van der Waals surface area contributed by atoms with E-state index < -0.39 is 5.60 Å². The van der Waals surface area contributed by atoms with Crippen molar-refractivity contribution in [3.63, 3.8) is 0 Å². The Morgan fingerprint density at radius 1 is 1.22 bits per heavy atom. The zero-order valence-corrected chi connectivity index (χ0v) is 20.5. The van der Waals surface area contributed by atoms with Gasteiger partial charge in [0.05, 0.1) is 24.1 Å². The zero-order chi connectivity index (χ0) is 22.9. The first kappa shape index (κ1) is 23.9. The number of hydrogen-bond acceptors (Lipinski definition) is 5. The van der Waals surface area contributed by atoms with Gasteiger partial charge in [-0.2, -0.15) is 15.0 Å². The molecule has 3 aliphatic carbocycles. The average molecular weight is 446 g/mol. The minimum absolute atomic E-state index is 0.0780. The smallest absolute Gasteiger partial charge is 0.159 e. The summed E-state index contributed by atoms with van der Waals surface area (Å²) in [5.41, 5.74) is -0.622. The van der Waals surface area contributed by atoms with Crippen molar-refractivity contribution >= 4 is 5.78 Å². The van der Waals surface area contributed by atoms with Crippen LogP contribution in [0.3, 0.4) is 0 Å². The molecule has 0 amide bonds. The Morgan fingerprint density at radius 2 is 1.97 bits per heavy atom. The summed E-state index contributed by atoms with van der Waals surface area (Å²) in [6.07, 6.45) is 13.2. The Morgan fingerprint density at radius 3 is 2.66 bits per heavy atom. The monoisotopic (exact) mass is 445 g/mol. The van der Waals surface area contributed by atoms with Crippen molar-refractivity contribution in [2.75, 3.05) is 6.61 Å². The molecule has 8 atom stereocenters. The van der Waals surface area contributed by atoms with Crippen LogP contribution in [-0.2, 0) is 16.1 Å². The van der Waals surface area contributed by atoms with E-state index in [0.717, 1.165) is 37.5 Å². The number of hydrogen-bond donors (Lipinski definition) is 1. The summed E-state index contributed by atoms with van der Waals surface area (Å²) in [4.78, 5) is 14.7. The number of nitrogens with zero attached hydrogens (tertiary/aromatic N) is 3. The summed E-state index contributed by atoms with van der Waals surface area (Å²) in [5, 5.41) is 19.5. The standard InChI is InChI=1S/C26H43N3O3/c1-5-24(32-6-2)26(4,31)16-18-7-8-20-19(15-18)11-12-25(3)21(20)9-10-22(25)23(30)17-29-27-13-14-28-29/h13-14,18-22,24,31H,5-12,15-17H2,1-4H3/t18-,19-,20-,21+,22-,24+,25+,26?/m1/s1. The molecule has 32 heavy (non-hydrogen) atoms. The molecule has 0 saturated heterocycles. The lowest BCUT2D eigenvalue weighted by molar-refractivity contribution is -0.131. The van der Waals surface area contributed by atoms with Crippen LogP contribution in [0.15, 0.2) is 12.4 Å². The SMILES string of the molecule is CCO[C@@H](CC)C(C)(O)C[C@@H]1CC[C@@H]2[C@H](CC[C@]3(C)[C@@H](C(=O)Cn4nccn4)CC[C@@H]23)C1. The second-order valence-corrected chi connectivity index (χ2v) is 11.3. The van der Waals surface area contributed by atoms with E-state index in [-0.39, 0.29) is 17.4 Å². The highest BCUT2D eigenvalue weighted by atomic mass is 16.5. The van der Waals surface area contributed by atoms with Crippen molar-refractivity contribution in [3.8, 4) is 0 Å². The fourth-order valence-electron chi connectivity index (χ4n) is 8.01. The molecular formula is C26H43N3O3. The lowest BCUT2D eigenvalue weighted by Gasteiger charge is -2.52. The van der Waals surface area contributed by atoms with Gasteiger partial charge >= 0.3 is 0 Å². The number of fused-ring (bicyclic) bond motifs is 3. The van der Waals surface area contributed by atoms with E-state index in [1.807, 2.05) is 13.8 Å². The van der Waals surface area contributed by atoms with Crippen molar-refractivity contribution in [2.24, 2.45) is 35.0 Å². The van der Waals surface area contributed by atoms with Gasteiger partial charge in [0.15, 0.2) is 5.78 Å². The van der Waals surface area contributed by atoms with Gasteiger partial charge in [0.25, 0.3) is 0 Å². The fourth-order valence-corrected chi connectivity index (χ4v) is 8.01. The van der Waals surface area contributed by atoms with Crippen LogP contribution in [0.4, 0.5) is 0 Å². The highest BCUT2D eigenvalue weighted by molar-refractivity contribution is 5.81. The maximum atomic E-state index is 13.1. The molecular weight excluding hydrogens is 402 g/mol. The number of aromatic nitrogens is 3. The molecule has 6 heteroatoms. The predicted octanol–water partition coefficient (Wildman–Crippen LogP) is 4.66. The normalized spacial score (nSPS) is 37.3. The first-order valence-electron chi connectivity index (χ1n) is 13.0. The number of carbonyl (C=O) groups excluding carboxylic acids is 1. The minimum Gasteiger partial charge on any atom is -0.387 e. The van der Waals surface area contributed by atoms with Gasteiger partial charge in [-0.25, -0.2) is 0 Å². The third-order valence-corrected chi connectivity index (χ3v) is 9.42. The Kier molecular flexibility index (Phi) is 7.11. The van der Waals surface area contributed by atoms with Crippen LogP contribution in [0, 0.1) is 35.0 Å². The molecule has 4 rings (SSSR count). The second kappa shape index (κ2) is 9.54. The van der Waals surface area contributed by atoms with Crippen LogP contribution < -0.4 is 0 Å². The molecule has 0 radical (unpaired) electrons. The number of rotatable bonds is 9. The quantitative estimate of drug-likeness (QED) is 0.598. The maximum Gasteiger partial charge on any atom is 0.159 e. The van der Waals surface area contributed by atoms with Gasteiger partial charge in [0.2, 0.25) is 0 Å². The number of carbonyl (C=O) groups is 1. The van der Waals surface area contributed by atoms with E-state index in [2.05, 4.69) is 24.0 Å². The summed E-state index contributed by atoms with van der Waals surface area (Å²) in [6, 6.07) is 0. The Labute approximate surface area is 193 Å². The lowest BCUT2D eigenvalue weighted by Crippen LogP contribution is -2.47. The molecule has 0 bridgehead atoms. The summed E-state index contributed by atoms with van der Waals surface area (Å²) in [6.45, 7) is 9.44. The average Bonchev–Trinajstić information content (AvgIpc) is 3.38. The van der Waals surface area contributed by atoms with E-state index in [1.165, 1.54) is 36.9 Å². The number of ketones is 1. The highest BCUT2D eigenvalue weighted by Gasteiger charge is 2.56. The Balaban J connectivity index is 1.38. The molecule has 0 aromatic carbocycles. The summed E-state index contributed by atoms with van der Waals surface area (Å²) in [7, 11) is 0. The van der Waals surface area contributed by atoms with Gasteiger partial charge in [0, 0.05) is 12.5 Å². The van der Waals surface area contributed by atoms with Crippen molar-refractivity contribution in [1.29, 1.82) is 0 Å². The minimum atomic E-state index is -0.753. The van der Waals surface area contributed by atoms with E-state index in [4.69, 9.17) is 4.74 Å². The molecule has 3 aliphatic rings. The predicted molar refractivity (Wildman–Crippen MR) is 124 cm³/mol. The van der Waals surface area contributed by atoms with Crippen LogP contribution in [-0.4, -0.2) is 44.2 Å². The Bertz CT molecular complexity index is 764. The van der Waals surface area contributed by atoms with Crippen molar-refractivity contribution < 1.29 is 14.6 Å². The zero-order valence-electron chi connectivity index (χ0n) is 20.5. The number of aliphatic hydroxyl groups is 1. The van der Waals surface area contributed by atoms with Gasteiger partial charge in [-0.15, -0.1) is 0 Å². The van der Waals surface area contributed by atoms with Crippen molar-refractivity contribution in [3.05, 3.63) is 12.4 Å². The topological polar surface area (TPSA) is 77.2 Å². The van der Waals surface area contributed by atoms with Crippen LogP contribution in [0.5, 0.6) is 0 Å². The number of ether oxygens (including phenoxy) is 1. The van der Waals surface area contributed by atoms with Crippen molar-refractivity contribution in [1.82, 2.24) is 15.0 Å². The molecule has 0 aliphatic heterocycles. The molecule has 3 fully saturated rings. The largest absolute Gasteiger partial charge is 0.387 e. The first-order chi connectivity index (χ1) is 15.3. The van der Waals surface area contributed by atoms with Gasteiger partial charge in [0.1, 0.15) is 6.54 Å². The third-order valence-electron chi connectivity index (χ3n) is 9.42. The lowest BCUT2D eigenvalue weighted by atomic mass is 9.53. The molecule has 0 spiro atoms. The van der Waals surface area contributed by atoms with E-state index in [1.54, 1.807) is 12.4 Å². The Hall–Kier alpha value is -1.27. The van der Waals surface area contributed by atoms with E-state index in [9.17, 15) is 9.90 Å². The first-order valence-corrected chi connectivity index (χ1v) is 13.0. The van der Waals surface area contributed by atoms with Gasteiger partial charge in [-0.1, -0.05) is 20.3 Å². The molecule has 6 nitrogen and oxygen atoms in total. The highest BCUT2D eigenvalue weighted by Crippen LogP contribution is 2.62. The van der Waals surface area contributed by atoms with Crippen LogP contribution >= 0.6 is 0 Å². The summed E-state index contributed by atoms with van der Waals surface area (Å²) >= 11 is 0. The van der Waals surface area contributed by atoms with Gasteiger partial charge in [-0.05, 0) is 94.3 Å². The second-order valence-electron chi connectivity index (χ2n) is 11.3. The summed E-state index contributed by atoms with van der Waals surface area (Å²) in [5.74, 6) is 3.19. The van der Waals surface area contributed by atoms with Gasteiger partial charge < -0.3 is 9.84 Å². The maximum absolute atomic E-state index is 13.1.